The Balaban J connectivity index is 1.74. The van der Waals surface area contributed by atoms with Gasteiger partial charge in [0, 0.05) is 12.3 Å². The first-order valence-corrected chi connectivity index (χ1v) is 11.5. The van der Waals surface area contributed by atoms with E-state index in [-0.39, 0.29) is 10.8 Å². The summed E-state index contributed by atoms with van der Waals surface area (Å²) in [5, 5.41) is 2.91. The summed E-state index contributed by atoms with van der Waals surface area (Å²) in [7, 11) is -3.65. The lowest BCUT2D eigenvalue weighted by molar-refractivity contribution is -0.123. The molecule has 1 amide bonds. The number of hydrogen-bond acceptors (Lipinski definition) is 4. The molecule has 1 aliphatic carbocycles. The summed E-state index contributed by atoms with van der Waals surface area (Å²) >= 11 is 1.49. The van der Waals surface area contributed by atoms with Crippen molar-refractivity contribution >= 4 is 27.7 Å². The largest absolute Gasteiger partial charge is 0.354 e. The highest BCUT2D eigenvalue weighted by Crippen LogP contribution is 2.30. The predicted molar refractivity (Wildman–Crippen MR) is 101 cm³/mol. The summed E-state index contributed by atoms with van der Waals surface area (Å²) in [5.41, 5.74) is 1.14. The first kappa shape index (κ1) is 18.7. The van der Waals surface area contributed by atoms with Gasteiger partial charge in [0.2, 0.25) is 15.9 Å². The molecule has 1 heterocycles. The second-order valence-electron chi connectivity index (χ2n) is 6.97. The lowest BCUT2D eigenvalue weighted by Crippen LogP contribution is -2.47. The lowest BCUT2D eigenvalue weighted by Gasteiger charge is -2.23. The number of thioether (sulfide) groups is 1. The second-order valence-corrected chi connectivity index (χ2v) is 9.87. The minimum absolute atomic E-state index is 0.170. The Labute approximate surface area is 154 Å². The van der Waals surface area contributed by atoms with Crippen LogP contribution in [0.15, 0.2) is 29.2 Å². The van der Waals surface area contributed by atoms with Crippen LogP contribution >= 0.6 is 11.8 Å². The van der Waals surface area contributed by atoms with Gasteiger partial charge in [-0.1, -0.05) is 26.0 Å². The normalized spacial score (nSPS) is 22.7. The molecule has 2 aliphatic rings. The van der Waals surface area contributed by atoms with Crippen LogP contribution in [0.25, 0.3) is 0 Å². The van der Waals surface area contributed by atoms with E-state index in [0.29, 0.717) is 30.0 Å². The van der Waals surface area contributed by atoms with Gasteiger partial charge in [-0.05, 0) is 48.8 Å². The van der Waals surface area contributed by atoms with E-state index in [1.54, 1.807) is 12.1 Å². The van der Waals surface area contributed by atoms with Gasteiger partial charge < -0.3 is 5.32 Å². The van der Waals surface area contributed by atoms with E-state index in [2.05, 4.69) is 19.2 Å². The Morgan fingerprint density at radius 1 is 1.32 bits per heavy atom. The molecular weight excluding hydrogens is 356 g/mol. The molecule has 7 heteroatoms. The van der Waals surface area contributed by atoms with Crippen LogP contribution in [0, 0.1) is 5.92 Å². The highest BCUT2D eigenvalue weighted by Gasteiger charge is 2.40. The molecule has 138 valence electrons. The van der Waals surface area contributed by atoms with Gasteiger partial charge in [0.1, 0.15) is 6.04 Å². The minimum atomic E-state index is -3.65. The van der Waals surface area contributed by atoms with Crippen molar-refractivity contribution in [3.63, 3.8) is 0 Å². The molecule has 1 aliphatic heterocycles. The molecule has 2 atom stereocenters. The van der Waals surface area contributed by atoms with E-state index in [0.717, 1.165) is 24.8 Å². The van der Waals surface area contributed by atoms with E-state index >= 15 is 0 Å². The topological polar surface area (TPSA) is 66.5 Å². The van der Waals surface area contributed by atoms with Crippen LogP contribution in [0.2, 0.25) is 0 Å². The van der Waals surface area contributed by atoms with Gasteiger partial charge in [-0.3, -0.25) is 4.79 Å². The third-order valence-electron chi connectivity index (χ3n) is 5.07. The van der Waals surface area contributed by atoms with Crippen molar-refractivity contribution < 1.29 is 13.2 Å². The van der Waals surface area contributed by atoms with Crippen LogP contribution in [0.3, 0.4) is 0 Å². The lowest BCUT2D eigenvalue weighted by atomic mass is 9.99. The number of sulfonamides is 1. The van der Waals surface area contributed by atoms with E-state index < -0.39 is 16.1 Å². The van der Waals surface area contributed by atoms with Gasteiger partial charge in [0.25, 0.3) is 0 Å². The monoisotopic (exact) mass is 382 g/mol. The number of rotatable bonds is 7. The summed E-state index contributed by atoms with van der Waals surface area (Å²) < 4.78 is 27.3. The van der Waals surface area contributed by atoms with Crippen LogP contribution in [-0.4, -0.2) is 42.8 Å². The van der Waals surface area contributed by atoms with Gasteiger partial charge in [-0.25, -0.2) is 8.42 Å². The fraction of sp³-hybridized carbons (Fsp3) is 0.611. The Morgan fingerprint density at radius 2 is 2.00 bits per heavy atom. The zero-order valence-corrected chi connectivity index (χ0v) is 16.4. The van der Waals surface area contributed by atoms with Gasteiger partial charge in [-0.2, -0.15) is 4.31 Å². The van der Waals surface area contributed by atoms with E-state index in [1.807, 2.05) is 12.1 Å². The zero-order valence-electron chi connectivity index (χ0n) is 14.8. The van der Waals surface area contributed by atoms with Gasteiger partial charge in [0.05, 0.1) is 10.8 Å². The molecule has 1 aromatic carbocycles. The molecule has 1 saturated carbocycles. The van der Waals surface area contributed by atoms with Gasteiger partial charge in [0.15, 0.2) is 0 Å². The van der Waals surface area contributed by atoms with E-state index in [4.69, 9.17) is 0 Å². The van der Waals surface area contributed by atoms with Crippen LogP contribution in [0.1, 0.15) is 44.6 Å². The maximum Gasteiger partial charge on any atom is 0.244 e. The highest BCUT2D eigenvalue weighted by molar-refractivity contribution is 8.00. The molecular formula is C18H26N2O3S2. The van der Waals surface area contributed by atoms with Crippen LogP contribution in [-0.2, 0) is 14.8 Å². The smallest absolute Gasteiger partial charge is 0.244 e. The summed E-state index contributed by atoms with van der Waals surface area (Å²) in [6.07, 6.45) is 3.33. The molecule has 1 saturated heterocycles. The first-order valence-electron chi connectivity index (χ1n) is 8.90. The quantitative estimate of drug-likeness (QED) is 0.787. The number of nitrogens with one attached hydrogen (secondary N) is 1. The third kappa shape index (κ3) is 4.20. The van der Waals surface area contributed by atoms with E-state index in [1.165, 1.54) is 16.1 Å². The van der Waals surface area contributed by atoms with Crippen molar-refractivity contribution in [2.24, 2.45) is 5.92 Å². The third-order valence-corrected chi connectivity index (χ3v) is 8.12. The fourth-order valence-electron chi connectivity index (χ4n) is 2.89. The Kier molecular flexibility index (Phi) is 5.75. The summed E-state index contributed by atoms with van der Waals surface area (Å²) in [5.74, 6) is 1.66. The van der Waals surface area contributed by atoms with Crippen molar-refractivity contribution in [1.82, 2.24) is 9.62 Å². The predicted octanol–water partition coefficient (Wildman–Crippen LogP) is 2.79. The van der Waals surface area contributed by atoms with Gasteiger partial charge >= 0.3 is 0 Å². The maximum atomic E-state index is 13.0. The van der Waals surface area contributed by atoms with Crippen LogP contribution in [0.5, 0.6) is 0 Å². The summed E-state index contributed by atoms with van der Waals surface area (Å²) in [6, 6.07) is 6.49. The van der Waals surface area contributed by atoms with Gasteiger partial charge in [-0.15, -0.1) is 11.8 Å². The molecule has 1 aromatic rings. The number of carbonyl (C=O) groups is 1. The minimum Gasteiger partial charge on any atom is -0.354 e. The van der Waals surface area contributed by atoms with Crippen molar-refractivity contribution in [2.45, 2.75) is 50.0 Å². The average Bonchev–Trinajstić information content (AvgIpc) is 3.31. The molecule has 0 bridgehead atoms. The molecule has 0 radical (unpaired) electrons. The Bertz CT molecular complexity index is 714. The van der Waals surface area contributed by atoms with Crippen LogP contribution in [0.4, 0.5) is 0 Å². The second kappa shape index (κ2) is 7.68. The molecule has 5 nitrogen and oxygen atoms in total. The molecule has 25 heavy (non-hydrogen) atoms. The molecule has 0 aromatic heterocycles. The number of benzene rings is 1. The number of carbonyl (C=O) groups excluding carboxylic acids is 1. The average molecular weight is 383 g/mol. The summed E-state index contributed by atoms with van der Waals surface area (Å²) in [6.45, 7) is 4.90. The number of hydrogen-bond donors (Lipinski definition) is 1. The van der Waals surface area contributed by atoms with Crippen molar-refractivity contribution in [2.75, 3.05) is 18.2 Å². The van der Waals surface area contributed by atoms with E-state index in [9.17, 15) is 13.2 Å². The maximum absolute atomic E-state index is 13.0. The SMILES string of the molecule is CCC(C)c1ccc(S(=O)(=O)N2CSCC2C(=O)NCC2CC2)cc1. The van der Waals surface area contributed by atoms with Crippen molar-refractivity contribution in [3.8, 4) is 0 Å². The molecule has 0 spiro atoms. The van der Waals surface area contributed by atoms with Crippen LogP contribution < -0.4 is 5.32 Å². The molecule has 2 unspecified atom stereocenters. The number of amides is 1. The molecule has 3 rings (SSSR count). The van der Waals surface area contributed by atoms with Crippen molar-refractivity contribution in [3.05, 3.63) is 29.8 Å². The number of nitrogens with zero attached hydrogens (tertiary/aromatic N) is 1. The molecule has 2 fully saturated rings. The zero-order chi connectivity index (χ0) is 18.0. The Morgan fingerprint density at radius 3 is 2.60 bits per heavy atom. The highest BCUT2D eigenvalue weighted by atomic mass is 32.2. The fourth-order valence-corrected chi connectivity index (χ4v) is 6.04. The Hall–Kier alpha value is -1.05. The van der Waals surface area contributed by atoms with Crippen molar-refractivity contribution in [1.29, 1.82) is 0 Å². The molecule has 1 N–H and O–H groups in total. The standard InChI is InChI=1S/C18H26N2O3S2/c1-3-13(2)15-6-8-16(9-7-15)25(22,23)20-12-24-11-17(20)18(21)19-10-14-4-5-14/h6-9,13-14,17H,3-5,10-12H2,1-2H3,(H,19,21). The summed E-state index contributed by atoms with van der Waals surface area (Å²) in [4.78, 5) is 12.7. The first-order chi connectivity index (χ1) is 11.9.